The Hall–Kier alpha value is -3.72. The molecule has 2 aromatic carbocycles. The lowest BCUT2D eigenvalue weighted by molar-refractivity contribution is -0.136. The number of methoxy groups -OCH3 is 1. The first-order chi connectivity index (χ1) is 18.5. The smallest absolute Gasteiger partial charge is 0.243 e. The molecule has 4 N–H and O–H groups in total. The van der Waals surface area contributed by atoms with Crippen molar-refractivity contribution < 1.29 is 28.7 Å². The Kier molecular flexibility index (Phi) is 10.2. The molecule has 3 rings (SSSR count). The fourth-order valence-electron chi connectivity index (χ4n) is 4.72. The van der Waals surface area contributed by atoms with Gasteiger partial charge in [0.2, 0.25) is 17.7 Å². The van der Waals surface area contributed by atoms with Gasteiger partial charge >= 0.3 is 0 Å². The molecule has 1 aliphatic heterocycles. The molecule has 3 amide bonds. The molecule has 0 aliphatic carbocycles. The van der Waals surface area contributed by atoms with Crippen molar-refractivity contribution in [1.82, 2.24) is 10.6 Å². The molecule has 0 spiro atoms. The average Bonchev–Trinajstić information content (AvgIpc) is 3.74. The number of amides is 3. The van der Waals surface area contributed by atoms with Gasteiger partial charge in [-0.05, 0) is 42.5 Å². The number of Topliss-reactive ketones (excluding diaryl/α,β-unsaturated/α-hetero) is 1. The maximum Gasteiger partial charge on any atom is 0.243 e. The lowest BCUT2D eigenvalue weighted by Crippen LogP contribution is -2.55. The highest BCUT2D eigenvalue weighted by Crippen LogP contribution is 2.22. The summed E-state index contributed by atoms with van der Waals surface area (Å²) in [5.41, 5.74) is 8.34. The number of carbonyl (C=O) groups is 4. The van der Waals surface area contributed by atoms with Crippen molar-refractivity contribution in [2.75, 3.05) is 13.7 Å². The standard InChI is InChI=1S/C30H39N3O6/c1-17(2)26(28(31)35)19(4)29(36)33-24(15-21-10-12-22(38-5)13-11-21)30(37)32-23(27(34)25-16-39-25)14-20-8-6-18(3)7-9-20/h6-13,17,19,23-26H,14-16H2,1-5H3,(H2,31,35)(H,32,37)(H,33,36)/t19-,23+,24+,25-,26?/m1/s1. The first-order valence-electron chi connectivity index (χ1n) is 13.2. The number of ketones is 1. The number of nitrogens with two attached hydrogens (primary N) is 1. The fraction of sp³-hybridized carbons (Fsp3) is 0.467. The van der Waals surface area contributed by atoms with Crippen LogP contribution in [0.4, 0.5) is 0 Å². The Morgan fingerprint density at radius 3 is 1.90 bits per heavy atom. The molecule has 1 saturated heterocycles. The van der Waals surface area contributed by atoms with Crippen LogP contribution in [-0.2, 0) is 36.8 Å². The maximum absolute atomic E-state index is 13.6. The van der Waals surface area contributed by atoms with E-state index in [1.54, 1.807) is 26.2 Å². The molecule has 1 fully saturated rings. The van der Waals surface area contributed by atoms with E-state index in [2.05, 4.69) is 10.6 Å². The van der Waals surface area contributed by atoms with Gasteiger partial charge in [0.1, 0.15) is 17.9 Å². The van der Waals surface area contributed by atoms with Gasteiger partial charge in [-0.1, -0.05) is 62.7 Å². The minimum Gasteiger partial charge on any atom is -0.497 e. The van der Waals surface area contributed by atoms with E-state index >= 15 is 0 Å². The number of nitrogens with one attached hydrogen (secondary N) is 2. The summed E-state index contributed by atoms with van der Waals surface area (Å²) >= 11 is 0. The van der Waals surface area contributed by atoms with Crippen LogP contribution in [0.15, 0.2) is 48.5 Å². The zero-order valence-corrected chi connectivity index (χ0v) is 23.2. The Morgan fingerprint density at radius 2 is 1.41 bits per heavy atom. The monoisotopic (exact) mass is 537 g/mol. The third kappa shape index (κ3) is 8.38. The van der Waals surface area contributed by atoms with Crippen molar-refractivity contribution in [3.8, 4) is 5.75 Å². The minimum atomic E-state index is -0.998. The summed E-state index contributed by atoms with van der Waals surface area (Å²) in [6.07, 6.45) is -0.0814. The number of rotatable bonds is 14. The minimum absolute atomic E-state index is 0.160. The quantitative estimate of drug-likeness (QED) is 0.316. The van der Waals surface area contributed by atoms with E-state index in [1.165, 1.54) is 0 Å². The van der Waals surface area contributed by atoms with Crippen LogP contribution in [0.2, 0.25) is 0 Å². The number of benzene rings is 2. The van der Waals surface area contributed by atoms with Crippen LogP contribution in [0, 0.1) is 24.7 Å². The third-order valence-electron chi connectivity index (χ3n) is 7.10. The first-order valence-corrected chi connectivity index (χ1v) is 13.2. The number of ether oxygens (including phenoxy) is 2. The lowest BCUT2D eigenvalue weighted by atomic mass is 9.83. The first kappa shape index (κ1) is 29.8. The molecule has 1 heterocycles. The maximum atomic E-state index is 13.6. The number of epoxide rings is 1. The molecular weight excluding hydrogens is 498 g/mol. The second kappa shape index (κ2) is 13.4. The van der Waals surface area contributed by atoms with Gasteiger partial charge in [0, 0.05) is 12.3 Å². The summed E-state index contributed by atoms with van der Waals surface area (Å²) < 4.78 is 10.4. The summed E-state index contributed by atoms with van der Waals surface area (Å²) in [7, 11) is 1.56. The van der Waals surface area contributed by atoms with Crippen LogP contribution >= 0.6 is 0 Å². The number of primary amides is 1. The Morgan fingerprint density at radius 1 is 0.897 bits per heavy atom. The van der Waals surface area contributed by atoms with E-state index in [4.69, 9.17) is 15.2 Å². The fourth-order valence-corrected chi connectivity index (χ4v) is 4.72. The summed E-state index contributed by atoms with van der Waals surface area (Å²) in [5.74, 6) is -2.70. The third-order valence-corrected chi connectivity index (χ3v) is 7.10. The largest absolute Gasteiger partial charge is 0.497 e. The summed E-state index contributed by atoms with van der Waals surface area (Å²) in [6, 6.07) is 13.1. The molecular formula is C30H39N3O6. The Balaban J connectivity index is 1.83. The highest BCUT2D eigenvalue weighted by atomic mass is 16.6. The second-order valence-corrected chi connectivity index (χ2v) is 10.5. The lowest BCUT2D eigenvalue weighted by Gasteiger charge is -2.27. The molecule has 39 heavy (non-hydrogen) atoms. The summed E-state index contributed by atoms with van der Waals surface area (Å²) in [4.78, 5) is 52.0. The summed E-state index contributed by atoms with van der Waals surface area (Å²) in [5, 5.41) is 5.68. The Bertz CT molecular complexity index is 1160. The zero-order valence-electron chi connectivity index (χ0n) is 23.2. The molecule has 0 radical (unpaired) electrons. The zero-order chi connectivity index (χ0) is 28.7. The molecule has 0 bridgehead atoms. The van der Waals surface area contributed by atoms with Crippen LogP contribution in [0.25, 0.3) is 0 Å². The van der Waals surface area contributed by atoms with Gasteiger partial charge in [0.05, 0.1) is 25.7 Å². The van der Waals surface area contributed by atoms with Gasteiger partial charge in [-0.25, -0.2) is 0 Å². The SMILES string of the molecule is COc1ccc(C[C@H](NC(=O)[C@H](C)C(C(N)=O)C(C)C)C(=O)N[C@@H](Cc2ccc(C)cc2)C(=O)[C@H]2CO2)cc1. The van der Waals surface area contributed by atoms with Crippen molar-refractivity contribution in [3.63, 3.8) is 0 Å². The van der Waals surface area contributed by atoms with Gasteiger partial charge in [-0.15, -0.1) is 0 Å². The molecule has 0 aromatic heterocycles. The number of hydrogen-bond donors (Lipinski definition) is 3. The van der Waals surface area contributed by atoms with Gasteiger partial charge in [-0.2, -0.15) is 0 Å². The van der Waals surface area contributed by atoms with E-state index < -0.39 is 47.7 Å². The second-order valence-electron chi connectivity index (χ2n) is 10.5. The molecule has 5 atom stereocenters. The van der Waals surface area contributed by atoms with Crippen LogP contribution < -0.4 is 21.1 Å². The van der Waals surface area contributed by atoms with Crippen LogP contribution in [0.5, 0.6) is 5.75 Å². The highest BCUT2D eigenvalue weighted by molar-refractivity contribution is 5.96. The van der Waals surface area contributed by atoms with Crippen LogP contribution in [-0.4, -0.2) is 55.4 Å². The highest BCUT2D eigenvalue weighted by Gasteiger charge is 2.39. The van der Waals surface area contributed by atoms with Crippen LogP contribution in [0.1, 0.15) is 37.5 Å². The van der Waals surface area contributed by atoms with Crippen molar-refractivity contribution in [2.24, 2.45) is 23.5 Å². The summed E-state index contributed by atoms with van der Waals surface area (Å²) in [6.45, 7) is 7.57. The van der Waals surface area contributed by atoms with E-state index in [1.807, 2.05) is 57.2 Å². The van der Waals surface area contributed by atoms with Gasteiger partial charge in [0.25, 0.3) is 0 Å². The van der Waals surface area contributed by atoms with Crippen molar-refractivity contribution >= 4 is 23.5 Å². The predicted octanol–water partition coefficient (Wildman–Crippen LogP) is 2.12. The van der Waals surface area contributed by atoms with Crippen molar-refractivity contribution in [3.05, 3.63) is 65.2 Å². The number of aryl methyl sites for hydroxylation is 1. The van der Waals surface area contributed by atoms with E-state index in [9.17, 15) is 19.2 Å². The molecule has 9 nitrogen and oxygen atoms in total. The van der Waals surface area contributed by atoms with Gasteiger partial charge in [0.15, 0.2) is 5.78 Å². The molecule has 2 aromatic rings. The molecule has 210 valence electrons. The molecule has 1 unspecified atom stereocenters. The predicted molar refractivity (Wildman–Crippen MR) is 147 cm³/mol. The van der Waals surface area contributed by atoms with Crippen molar-refractivity contribution in [2.45, 2.75) is 58.7 Å². The number of carbonyl (C=O) groups excluding carboxylic acids is 4. The van der Waals surface area contributed by atoms with Gasteiger partial charge < -0.3 is 25.8 Å². The topological polar surface area (TPSA) is 140 Å². The van der Waals surface area contributed by atoms with E-state index in [-0.39, 0.29) is 18.1 Å². The normalized spacial score (nSPS) is 17.4. The molecule has 1 aliphatic rings. The van der Waals surface area contributed by atoms with E-state index in [0.717, 1.165) is 16.7 Å². The average molecular weight is 538 g/mol. The van der Waals surface area contributed by atoms with Gasteiger partial charge in [-0.3, -0.25) is 19.2 Å². The molecule has 9 heteroatoms. The van der Waals surface area contributed by atoms with Crippen molar-refractivity contribution in [1.29, 1.82) is 0 Å². The van der Waals surface area contributed by atoms with E-state index in [0.29, 0.717) is 18.8 Å². The van der Waals surface area contributed by atoms with Crippen LogP contribution in [0.3, 0.4) is 0 Å². The Labute approximate surface area is 229 Å². The number of hydrogen-bond acceptors (Lipinski definition) is 6. The molecule has 0 saturated carbocycles.